The molecule has 3 N–H and O–H groups in total. The molecule has 0 bridgehead atoms. The zero-order chi connectivity index (χ0) is 7.65. The van der Waals surface area contributed by atoms with Crippen LogP contribution in [0.5, 0.6) is 0 Å². The fourth-order valence-electron chi connectivity index (χ4n) is 0.141. The number of primary sulfonamides is 1. The first-order valence-electron chi connectivity index (χ1n) is 2.10. The van der Waals surface area contributed by atoms with Crippen molar-refractivity contribution in [3.8, 4) is 0 Å². The third kappa shape index (κ3) is 2.43. The van der Waals surface area contributed by atoms with Crippen molar-refractivity contribution in [2.45, 2.75) is 12.2 Å². The minimum absolute atomic E-state index is 1.01. The lowest BCUT2D eigenvalue weighted by Gasteiger charge is -1.99. The first kappa shape index (κ1) is 8.38. The number of nitrogens with two attached hydrogens (primary N) is 1. The molecule has 6 heteroatoms. The van der Waals surface area contributed by atoms with E-state index in [0.717, 1.165) is 6.92 Å². The molecular formula is C3H7NO4S. The lowest BCUT2D eigenvalue weighted by molar-refractivity contribution is -0.136. The summed E-state index contributed by atoms with van der Waals surface area (Å²) in [6.07, 6.45) is 0. The molecule has 0 aliphatic heterocycles. The summed E-state index contributed by atoms with van der Waals surface area (Å²) < 4.78 is 20.3. The topological polar surface area (TPSA) is 97.5 Å². The molecule has 0 aliphatic carbocycles. The van der Waals surface area contributed by atoms with E-state index in [0.29, 0.717) is 0 Å². The molecule has 5 nitrogen and oxygen atoms in total. The van der Waals surface area contributed by atoms with E-state index in [4.69, 9.17) is 5.11 Å². The van der Waals surface area contributed by atoms with Gasteiger partial charge in [0.05, 0.1) is 0 Å². The molecule has 0 rings (SSSR count). The Morgan fingerprint density at radius 3 is 2.00 bits per heavy atom. The highest BCUT2D eigenvalue weighted by atomic mass is 32.2. The van der Waals surface area contributed by atoms with Crippen molar-refractivity contribution in [1.29, 1.82) is 0 Å². The Kier molecular flexibility index (Phi) is 2.16. The predicted molar refractivity (Wildman–Crippen MR) is 30.2 cm³/mol. The van der Waals surface area contributed by atoms with Crippen molar-refractivity contribution in [2.75, 3.05) is 0 Å². The largest absolute Gasteiger partial charge is 0.480 e. The summed E-state index contributed by atoms with van der Waals surface area (Å²) in [5.74, 6) is -1.43. The lowest BCUT2D eigenvalue weighted by atomic mass is 10.5. The fourth-order valence-corrected chi connectivity index (χ4v) is 0.422. The summed E-state index contributed by atoms with van der Waals surface area (Å²) in [6.45, 7) is 1.01. The van der Waals surface area contributed by atoms with E-state index in [-0.39, 0.29) is 0 Å². The number of carbonyl (C=O) groups is 1. The van der Waals surface area contributed by atoms with E-state index in [9.17, 15) is 13.2 Å². The second-order valence-corrected chi connectivity index (χ2v) is 3.45. The number of aliphatic carboxylic acids is 1. The van der Waals surface area contributed by atoms with Crippen LogP contribution in [0.15, 0.2) is 0 Å². The van der Waals surface area contributed by atoms with Crippen LogP contribution >= 0.6 is 0 Å². The molecule has 0 aromatic rings. The van der Waals surface area contributed by atoms with Crippen molar-refractivity contribution in [1.82, 2.24) is 0 Å². The molecule has 0 spiro atoms. The van der Waals surface area contributed by atoms with Crippen LogP contribution in [-0.2, 0) is 14.8 Å². The molecule has 0 aromatic carbocycles. The predicted octanol–water partition coefficient (Wildman–Crippen LogP) is -1.25. The number of carboxylic acids is 1. The number of carboxylic acid groups (broad SMARTS) is 1. The second kappa shape index (κ2) is 2.32. The zero-order valence-electron chi connectivity index (χ0n) is 4.73. The summed E-state index contributed by atoms with van der Waals surface area (Å²) in [7, 11) is -3.90. The molecule has 0 aliphatic rings. The van der Waals surface area contributed by atoms with Gasteiger partial charge in [0, 0.05) is 0 Å². The molecule has 0 fully saturated rings. The third-order valence-corrected chi connectivity index (χ3v) is 2.03. The summed E-state index contributed by atoms with van der Waals surface area (Å²) in [5.41, 5.74) is 0. The highest BCUT2D eigenvalue weighted by Gasteiger charge is 2.22. The molecule has 0 aromatic heterocycles. The minimum atomic E-state index is -3.90. The molecule has 0 radical (unpaired) electrons. The smallest absolute Gasteiger partial charge is 0.323 e. The van der Waals surface area contributed by atoms with Crippen molar-refractivity contribution in [3.05, 3.63) is 0 Å². The summed E-state index contributed by atoms with van der Waals surface area (Å²) in [4.78, 5) is 9.89. The van der Waals surface area contributed by atoms with Crippen molar-refractivity contribution < 1.29 is 18.3 Å². The lowest BCUT2D eigenvalue weighted by Crippen LogP contribution is -2.32. The Balaban J connectivity index is 4.43. The van der Waals surface area contributed by atoms with Crippen LogP contribution in [0.1, 0.15) is 6.92 Å². The van der Waals surface area contributed by atoms with Gasteiger partial charge in [0.2, 0.25) is 10.0 Å². The van der Waals surface area contributed by atoms with Gasteiger partial charge in [-0.2, -0.15) is 0 Å². The first-order valence-corrected chi connectivity index (χ1v) is 3.71. The Bertz CT molecular complexity index is 206. The monoisotopic (exact) mass is 153 g/mol. The Morgan fingerprint density at radius 2 is 2.00 bits per heavy atom. The quantitative estimate of drug-likeness (QED) is 0.517. The van der Waals surface area contributed by atoms with Gasteiger partial charge < -0.3 is 5.11 Å². The normalized spacial score (nSPS) is 14.9. The van der Waals surface area contributed by atoms with Crippen LogP contribution in [0.25, 0.3) is 0 Å². The van der Waals surface area contributed by atoms with Gasteiger partial charge in [0.25, 0.3) is 0 Å². The number of hydrogen-bond donors (Lipinski definition) is 2. The minimum Gasteiger partial charge on any atom is -0.480 e. The fraction of sp³-hybridized carbons (Fsp3) is 0.667. The SMILES string of the molecule is C[C@H](C(=O)O)S(N)(=O)=O. The maximum absolute atomic E-state index is 10.2. The van der Waals surface area contributed by atoms with Crippen LogP contribution in [0.2, 0.25) is 0 Å². The third-order valence-electron chi connectivity index (χ3n) is 0.841. The highest BCUT2D eigenvalue weighted by Crippen LogP contribution is 1.92. The van der Waals surface area contributed by atoms with Crippen LogP contribution in [0, 0.1) is 0 Å². The van der Waals surface area contributed by atoms with Gasteiger partial charge in [0.15, 0.2) is 5.25 Å². The van der Waals surface area contributed by atoms with E-state index < -0.39 is 21.2 Å². The maximum atomic E-state index is 10.2. The molecule has 0 amide bonds. The number of hydrogen-bond acceptors (Lipinski definition) is 3. The summed E-state index contributed by atoms with van der Waals surface area (Å²) in [6, 6.07) is 0. The molecular weight excluding hydrogens is 146 g/mol. The molecule has 0 saturated carbocycles. The van der Waals surface area contributed by atoms with Crippen molar-refractivity contribution in [2.24, 2.45) is 5.14 Å². The summed E-state index contributed by atoms with van der Waals surface area (Å²) >= 11 is 0. The van der Waals surface area contributed by atoms with E-state index >= 15 is 0 Å². The Hall–Kier alpha value is -0.620. The van der Waals surface area contributed by atoms with Crippen LogP contribution in [-0.4, -0.2) is 24.7 Å². The van der Waals surface area contributed by atoms with Crippen molar-refractivity contribution in [3.63, 3.8) is 0 Å². The maximum Gasteiger partial charge on any atom is 0.323 e. The standard InChI is InChI=1S/C3H7NO4S/c1-2(3(5)6)9(4,7)8/h2H,1H3,(H,5,6)(H2,4,7,8)/t2-/m1/s1. The van der Waals surface area contributed by atoms with Crippen LogP contribution < -0.4 is 5.14 Å². The van der Waals surface area contributed by atoms with Crippen LogP contribution in [0.4, 0.5) is 0 Å². The van der Waals surface area contributed by atoms with E-state index in [2.05, 4.69) is 5.14 Å². The Morgan fingerprint density at radius 1 is 1.67 bits per heavy atom. The molecule has 1 atom stereocenters. The number of rotatable bonds is 2. The molecule has 0 saturated heterocycles. The Labute approximate surface area is 52.5 Å². The van der Waals surface area contributed by atoms with Gasteiger partial charge in [0.1, 0.15) is 0 Å². The number of sulfonamides is 1. The van der Waals surface area contributed by atoms with E-state index in [1.165, 1.54) is 0 Å². The molecule has 54 valence electrons. The van der Waals surface area contributed by atoms with Gasteiger partial charge in [-0.3, -0.25) is 4.79 Å². The average molecular weight is 153 g/mol. The van der Waals surface area contributed by atoms with E-state index in [1.54, 1.807) is 0 Å². The first-order chi connectivity index (χ1) is 3.85. The average Bonchev–Trinajstić information content (AvgIpc) is 1.62. The van der Waals surface area contributed by atoms with Gasteiger partial charge >= 0.3 is 5.97 Å². The second-order valence-electron chi connectivity index (χ2n) is 1.57. The van der Waals surface area contributed by atoms with Gasteiger partial charge in [-0.25, -0.2) is 13.6 Å². The molecule has 0 unspecified atom stereocenters. The van der Waals surface area contributed by atoms with Crippen molar-refractivity contribution >= 4 is 16.0 Å². The van der Waals surface area contributed by atoms with Gasteiger partial charge in [-0.05, 0) is 6.92 Å². The van der Waals surface area contributed by atoms with Gasteiger partial charge in [-0.15, -0.1) is 0 Å². The molecule has 0 heterocycles. The molecule has 9 heavy (non-hydrogen) atoms. The zero-order valence-corrected chi connectivity index (χ0v) is 5.55. The van der Waals surface area contributed by atoms with E-state index in [1.807, 2.05) is 0 Å². The highest BCUT2D eigenvalue weighted by molar-refractivity contribution is 7.90. The van der Waals surface area contributed by atoms with Gasteiger partial charge in [-0.1, -0.05) is 0 Å². The van der Waals surface area contributed by atoms with Crippen LogP contribution in [0.3, 0.4) is 0 Å². The summed E-state index contributed by atoms with van der Waals surface area (Å²) in [5, 5.41) is 11.0.